The third kappa shape index (κ3) is 3.31. The number of nitrogens with one attached hydrogen (secondary N) is 1. The normalized spacial score (nSPS) is 21.8. The van der Waals surface area contributed by atoms with Crippen LogP contribution < -0.4 is 5.32 Å². The lowest BCUT2D eigenvalue weighted by atomic mass is 9.76. The number of rotatable bonds is 3. The molecule has 2 aromatic rings. The fraction of sp³-hybridized carbons (Fsp3) is 0.250. The average molecular weight is 428 g/mol. The molecule has 0 radical (unpaired) electrons. The highest BCUT2D eigenvalue weighted by Crippen LogP contribution is 2.39. The summed E-state index contributed by atoms with van der Waals surface area (Å²) < 4.78 is 2.46. The number of anilines is 1. The van der Waals surface area contributed by atoms with Crippen LogP contribution in [0.3, 0.4) is 0 Å². The van der Waals surface area contributed by atoms with Crippen molar-refractivity contribution >= 4 is 44.2 Å². The lowest BCUT2D eigenvalue weighted by Gasteiger charge is -2.37. The van der Waals surface area contributed by atoms with Crippen LogP contribution in [0, 0.1) is 3.57 Å². The number of hydrogen-bond donors (Lipinski definition) is 1. The molecule has 0 atom stereocenters. The van der Waals surface area contributed by atoms with Gasteiger partial charge in [-0.2, -0.15) is 0 Å². The zero-order valence-corrected chi connectivity index (χ0v) is 14.2. The molecule has 3 heteroatoms. The lowest BCUT2D eigenvalue weighted by Crippen LogP contribution is -2.33. The maximum absolute atomic E-state index is 3.62. The smallest absolute Gasteiger partial charge is 0.0352 e. The van der Waals surface area contributed by atoms with E-state index in [4.69, 9.17) is 0 Å². The quantitative estimate of drug-likeness (QED) is 0.645. The highest BCUT2D eigenvalue weighted by molar-refractivity contribution is 14.1. The summed E-state index contributed by atoms with van der Waals surface area (Å²) in [6, 6.07) is 17.9. The molecule has 1 aliphatic rings. The van der Waals surface area contributed by atoms with Crippen molar-refractivity contribution in [3.8, 4) is 0 Å². The molecule has 1 N–H and O–H groups in total. The van der Waals surface area contributed by atoms with Gasteiger partial charge in [-0.05, 0) is 77.2 Å². The summed E-state index contributed by atoms with van der Waals surface area (Å²) >= 11 is 5.90. The molecule has 19 heavy (non-hydrogen) atoms. The van der Waals surface area contributed by atoms with Crippen molar-refractivity contribution in [3.63, 3.8) is 0 Å². The summed E-state index contributed by atoms with van der Waals surface area (Å²) in [7, 11) is 0. The van der Waals surface area contributed by atoms with Crippen LogP contribution in [0.2, 0.25) is 0 Å². The van der Waals surface area contributed by atoms with Crippen molar-refractivity contribution in [2.75, 3.05) is 5.32 Å². The third-order valence-electron chi connectivity index (χ3n) is 3.65. The molecule has 3 rings (SSSR count). The fourth-order valence-corrected chi connectivity index (χ4v) is 3.54. The first-order valence-electron chi connectivity index (χ1n) is 6.48. The highest BCUT2D eigenvalue weighted by atomic mass is 127. The van der Waals surface area contributed by atoms with E-state index in [2.05, 4.69) is 92.4 Å². The van der Waals surface area contributed by atoms with Gasteiger partial charge in [0.2, 0.25) is 0 Å². The van der Waals surface area contributed by atoms with E-state index in [1.54, 1.807) is 0 Å². The second kappa shape index (κ2) is 5.83. The van der Waals surface area contributed by atoms with Crippen molar-refractivity contribution in [3.05, 3.63) is 62.1 Å². The Balaban J connectivity index is 1.58. The molecular formula is C16H15BrIN. The summed E-state index contributed by atoms with van der Waals surface area (Å²) in [5.74, 6) is 0.706. The predicted octanol–water partition coefficient (Wildman–Crippen LogP) is 5.41. The van der Waals surface area contributed by atoms with E-state index in [1.807, 2.05) is 0 Å². The van der Waals surface area contributed by atoms with Crippen molar-refractivity contribution in [2.45, 2.75) is 24.8 Å². The van der Waals surface area contributed by atoms with Gasteiger partial charge in [-0.1, -0.05) is 34.1 Å². The van der Waals surface area contributed by atoms with Gasteiger partial charge >= 0.3 is 0 Å². The molecular weight excluding hydrogens is 413 g/mol. The zero-order chi connectivity index (χ0) is 13.2. The Kier molecular flexibility index (Phi) is 4.12. The molecule has 1 aliphatic carbocycles. The molecule has 0 unspecified atom stereocenters. The molecule has 1 fully saturated rings. The lowest BCUT2D eigenvalue weighted by molar-refractivity contribution is 0.374. The Labute approximate surface area is 136 Å². The SMILES string of the molecule is Brc1cccc(C2CC(Nc3cccc(I)c3)C2)c1. The van der Waals surface area contributed by atoms with E-state index in [-0.39, 0.29) is 0 Å². The first-order chi connectivity index (χ1) is 9.20. The van der Waals surface area contributed by atoms with Gasteiger partial charge in [0.25, 0.3) is 0 Å². The molecule has 0 spiro atoms. The van der Waals surface area contributed by atoms with Crippen molar-refractivity contribution in [2.24, 2.45) is 0 Å². The van der Waals surface area contributed by atoms with E-state index in [0.29, 0.717) is 12.0 Å². The van der Waals surface area contributed by atoms with Gasteiger partial charge < -0.3 is 5.32 Å². The average Bonchev–Trinajstić information content (AvgIpc) is 2.33. The number of halogens is 2. The summed E-state index contributed by atoms with van der Waals surface area (Å²) in [5, 5.41) is 3.62. The first-order valence-corrected chi connectivity index (χ1v) is 8.35. The first kappa shape index (κ1) is 13.4. The van der Waals surface area contributed by atoms with Crippen LogP contribution in [0.15, 0.2) is 53.0 Å². The molecule has 98 valence electrons. The van der Waals surface area contributed by atoms with Crippen LogP contribution >= 0.6 is 38.5 Å². The Morgan fingerprint density at radius 1 is 1.05 bits per heavy atom. The predicted molar refractivity (Wildman–Crippen MR) is 92.7 cm³/mol. The standard InChI is InChI=1S/C16H15BrIN/c17-13-4-1-3-11(7-13)12-8-16(9-12)19-15-6-2-5-14(18)10-15/h1-7,10,12,16,19H,8-9H2. The summed E-state index contributed by atoms with van der Waals surface area (Å²) in [6.07, 6.45) is 2.45. The molecule has 1 saturated carbocycles. The minimum Gasteiger partial charge on any atom is -0.382 e. The molecule has 0 amide bonds. The zero-order valence-electron chi connectivity index (χ0n) is 10.4. The molecule has 0 heterocycles. The topological polar surface area (TPSA) is 12.0 Å². The maximum Gasteiger partial charge on any atom is 0.0352 e. The number of benzene rings is 2. The summed E-state index contributed by atoms with van der Waals surface area (Å²) in [5.41, 5.74) is 2.69. The van der Waals surface area contributed by atoms with Crippen molar-refractivity contribution in [1.82, 2.24) is 0 Å². The molecule has 0 aromatic heterocycles. The maximum atomic E-state index is 3.62. The molecule has 0 saturated heterocycles. The second-order valence-electron chi connectivity index (χ2n) is 5.07. The van der Waals surface area contributed by atoms with Gasteiger partial charge in [0.15, 0.2) is 0 Å². The van der Waals surface area contributed by atoms with Gasteiger partial charge in [-0.15, -0.1) is 0 Å². The van der Waals surface area contributed by atoms with Crippen LogP contribution in [0.4, 0.5) is 5.69 Å². The van der Waals surface area contributed by atoms with E-state index >= 15 is 0 Å². The summed E-state index contributed by atoms with van der Waals surface area (Å²) in [6.45, 7) is 0. The number of hydrogen-bond acceptors (Lipinski definition) is 1. The fourth-order valence-electron chi connectivity index (χ4n) is 2.58. The van der Waals surface area contributed by atoms with Gasteiger partial charge in [-0.3, -0.25) is 0 Å². The largest absolute Gasteiger partial charge is 0.382 e. The summed E-state index contributed by atoms with van der Waals surface area (Å²) in [4.78, 5) is 0. The van der Waals surface area contributed by atoms with Crippen LogP contribution in [0.5, 0.6) is 0 Å². The van der Waals surface area contributed by atoms with Crippen molar-refractivity contribution in [1.29, 1.82) is 0 Å². The van der Waals surface area contributed by atoms with E-state index in [0.717, 1.165) is 0 Å². The molecule has 0 aliphatic heterocycles. The highest BCUT2D eigenvalue weighted by Gasteiger charge is 2.30. The van der Waals surface area contributed by atoms with E-state index in [9.17, 15) is 0 Å². The van der Waals surface area contributed by atoms with E-state index in [1.165, 1.54) is 32.1 Å². The Hall–Kier alpha value is -0.550. The van der Waals surface area contributed by atoms with Gasteiger partial charge in [-0.25, -0.2) is 0 Å². The van der Waals surface area contributed by atoms with Crippen molar-refractivity contribution < 1.29 is 0 Å². The van der Waals surface area contributed by atoms with Crippen LogP contribution in [-0.2, 0) is 0 Å². The van der Waals surface area contributed by atoms with Crippen LogP contribution in [0.25, 0.3) is 0 Å². The molecule has 1 nitrogen and oxygen atoms in total. The minimum absolute atomic E-state index is 0.613. The Bertz CT molecular complexity index is 578. The Morgan fingerprint density at radius 2 is 1.84 bits per heavy atom. The van der Waals surface area contributed by atoms with E-state index < -0.39 is 0 Å². The van der Waals surface area contributed by atoms with Gasteiger partial charge in [0, 0.05) is 19.8 Å². The minimum atomic E-state index is 0.613. The molecule has 2 aromatic carbocycles. The second-order valence-corrected chi connectivity index (χ2v) is 7.24. The van der Waals surface area contributed by atoms with Crippen LogP contribution in [0.1, 0.15) is 24.3 Å². The van der Waals surface area contributed by atoms with Crippen LogP contribution in [-0.4, -0.2) is 6.04 Å². The van der Waals surface area contributed by atoms with Gasteiger partial charge in [0.1, 0.15) is 0 Å². The Morgan fingerprint density at radius 3 is 2.58 bits per heavy atom. The third-order valence-corrected chi connectivity index (χ3v) is 4.82. The monoisotopic (exact) mass is 427 g/mol. The van der Waals surface area contributed by atoms with Gasteiger partial charge in [0.05, 0.1) is 0 Å². The molecule has 0 bridgehead atoms.